The second kappa shape index (κ2) is 5.77. The first kappa shape index (κ1) is 13.5. The predicted octanol–water partition coefficient (Wildman–Crippen LogP) is 1.36. The molecule has 4 nitrogen and oxygen atoms in total. The minimum atomic E-state index is -0.917. The van der Waals surface area contributed by atoms with Gasteiger partial charge in [0.05, 0.1) is 5.56 Å². The summed E-state index contributed by atoms with van der Waals surface area (Å²) in [5, 5.41) is 5.19. The van der Waals surface area contributed by atoms with Crippen LogP contribution < -0.4 is 10.6 Å². The number of amides is 2. The summed E-state index contributed by atoms with van der Waals surface area (Å²) in [7, 11) is 0. The number of benzene rings is 1. The fraction of sp³-hybridized carbons (Fsp3) is 0.385. The number of nitrogens with one attached hydrogen (secondary N) is 2. The van der Waals surface area contributed by atoms with Crippen LogP contribution in [0.2, 0.25) is 0 Å². The van der Waals surface area contributed by atoms with Gasteiger partial charge in [-0.3, -0.25) is 9.59 Å². The first-order chi connectivity index (χ1) is 9.06. The van der Waals surface area contributed by atoms with E-state index in [1.54, 1.807) is 0 Å². The van der Waals surface area contributed by atoms with Gasteiger partial charge in [-0.25, -0.2) is 8.78 Å². The van der Waals surface area contributed by atoms with Crippen molar-refractivity contribution in [2.45, 2.75) is 25.3 Å². The van der Waals surface area contributed by atoms with E-state index in [9.17, 15) is 18.4 Å². The van der Waals surface area contributed by atoms with Gasteiger partial charge in [0, 0.05) is 25.1 Å². The highest BCUT2D eigenvalue weighted by Gasteiger charge is 2.22. The number of carbonyl (C=O) groups is 2. The van der Waals surface area contributed by atoms with E-state index < -0.39 is 17.5 Å². The van der Waals surface area contributed by atoms with E-state index in [4.69, 9.17) is 0 Å². The topological polar surface area (TPSA) is 58.2 Å². The molecule has 0 aromatic heterocycles. The van der Waals surface area contributed by atoms with Crippen molar-refractivity contribution in [2.75, 3.05) is 6.54 Å². The number of carbonyl (C=O) groups excluding carboxylic acids is 2. The highest BCUT2D eigenvalue weighted by atomic mass is 19.1. The molecule has 0 radical (unpaired) electrons. The van der Waals surface area contributed by atoms with Crippen LogP contribution in [0, 0.1) is 11.6 Å². The third kappa shape index (κ3) is 4.01. The highest BCUT2D eigenvalue weighted by molar-refractivity contribution is 5.94. The molecule has 1 fully saturated rings. The molecule has 2 N–H and O–H groups in total. The Morgan fingerprint density at radius 2 is 2.00 bits per heavy atom. The maximum Gasteiger partial charge on any atom is 0.254 e. The van der Waals surface area contributed by atoms with Crippen LogP contribution in [0.4, 0.5) is 8.78 Å². The molecule has 1 aliphatic carbocycles. The van der Waals surface area contributed by atoms with Crippen LogP contribution in [0.1, 0.15) is 29.6 Å². The van der Waals surface area contributed by atoms with Crippen molar-refractivity contribution in [3.8, 4) is 0 Å². The molecule has 1 aromatic rings. The maximum atomic E-state index is 13.3. The molecular formula is C13H14F2N2O2. The van der Waals surface area contributed by atoms with Crippen LogP contribution in [0.25, 0.3) is 0 Å². The number of rotatable bonds is 5. The van der Waals surface area contributed by atoms with Crippen LogP contribution >= 0.6 is 0 Å². The fourth-order valence-corrected chi connectivity index (χ4v) is 1.59. The van der Waals surface area contributed by atoms with E-state index in [2.05, 4.69) is 10.6 Å². The lowest BCUT2D eigenvalue weighted by molar-refractivity contribution is -0.121. The fourth-order valence-electron chi connectivity index (χ4n) is 1.59. The van der Waals surface area contributed by atoms with Crippen molar-refractivity contribution < 1.29 is 18.4 Å². The predicted molar refractivity (Wildman–Crippen MR) is 64.5 cm³/mol. The summed E-state index contributed by atoms with van der Waals surface area (Å²) in [4.78, 5) is 22.9. The van der Waals surface area contributed by atoms with E-state index in [-0.39, 0.29) is 30.5 Å². The summed E-state index contributed by atoms with van der Waals surface area (Å²) < 4.78 is 26.0. The molecule has 1 saturated carbocycles. The van der Waals surface area contributed by atoms with Gasteiger partial charge in [-0.05, 0) is 25.0 Å². The smallest absolute Gasteiger partial charge is 0.254 e. The Kier molecular flexibility index (Phi) is 4.09. The Hall–Kier alpha value is -1.98. The van der Waals surface area contributed by atoms with Crippen molar-refractivity contribution >= 4 is 11.8 Å². The summed E-state index contributed by atoms with van der Waals surface area (Å²) >= 11 is 0. The molecule has 2 rings (SSSR count). The largest absolute Gasteiger partial charge is 0.353 e. The third-order valence-corrected chi connectivity index (χ3v) is 2.76. The van der Waals surface area contributed by atoms with Gasteiger partial charge in [0.15, 0.2) is 0 Å². The first-order valence-corrected chi connectivity index (χ1v) is 6.09. The molecule has 0 unspecified atom stereocenters. The van der Waals surface area contributed by atoms with E-state index in [0.717, 1.165) is 25.0 Å². The van der Waals surface area contributed by atoms with Crippen LogP contribution in [-0.2, 0) is 4.79 Å². The molecule has 6 heteroatoms. The summed E-state index contributed by atoms with van der Waals surface area (Å²) in [6.07, 6.45) is 2.14. The highest BCUT2D eigenvalue weighted by Crippen LogP contribution is 2.18. The van der Waals surface area contributed by atoms with Crippen LogP contribution in [0.5, 0.6) is 0 Å². The summed E-state index contributed by atoms with van der Waals surface area (Å²) in [5.41, 5.74) is -0.232. The minimum Gasteiger partial charge on any atom is -0.353 e. The molecule has 0 aliphatic heterocycles. The van der Waals surface area contributed by atoms with Gasteiger partial charge >= 0.3 is 0 Å². The Morgan fingerprint density at radius 3 is 2.63 bits per heavy atom. The monoisotopic (exact) mass is 268 g/mol. The molecule has 2 amide bonds. The zero-order valence-electron chi connectivity index (χ0n) is 10.2. The molecule has 0 spiro atoms. The van der Waals surface area contributed by atoms with Gasteiger partial charge in [-0.2, -0.15) is 0 Å². The van der Waals surface area contributed by atoms with Gasteiger partial charge in [0.2, 0.25) is 5.91 Å². The Morgan fingerprint density at radius 1 is 1.26 bits per heavy atom. The van der Waals surface area contributed by atoms with Crippen LogP contribution in [-0.4, -0.2) is 24.4 Å². The zero-order chi connectivity index (χ0) is 13.8. The summed E-state index contributed by atoms with van der Waals surface area (Å²) in [5.74, 6) is -2.45. The lowest BCUT2D eigenvalue weighted by atomic mass is 10.2. The molecule has 1 aromatic carbocycles. The Bertz CT molecular complexity index is 501. The second-order valence-electron chi connectivity index (χ2n) is 4.47. The first-order valence-electron chi connectivity index (χ1n) is 6.09. The molecular weight excluding hydrogens is 254 g/mol. The molecule has 102 valence electrons. The van der Waals surface area contributed by atoms with Gasteiger partial charge in [0.25, 0.3) is 5.91 Å². The van der Waals surface area contributed by atoms with Gasteiger partial charge < -0.3 is 10.6 Å². The molecule has 19 heavy (non-hydrogen) atoms. The lowest BCUT2D eigenvalue weighted by Crippen LogP contribution is -2.32. The van der Waals surface area contributed by atoms with Crippen molar-refractivity contribution in [3.63, 3.8) is 0 Å². The normalized spacial score (nSPS) is 14.0. The third-order valence-electron chi connectivity index (χ3n) is 2.76. The second-order valence-corrected chi connectivity index (χ2v) is 4.47. The van der Waals surface area contributed by atoms with Crippen LogP contribution in [0.15, 0.2) is 18.2 Å². The number of hydrogen-bond donors (Lipinski definition) is 2. The summed E-state index contributed by atoms with van der Waals surface area (Å²) in [6.45, 7) is 0.119. The van der Waals surface area contributed by atoms with Gasteiger partial charge in [-0.1, -0.05) is 0 Å². The molecule has 0 saturated heterocycles. The van der Waals surface area contributed by atoms with Crippen molar-refractivity contribution in [2.24, 2.45) is 0 Å². The molecule has 0 heterocycles. The lowest BCUT2D eigenvalue weighted by Gasteiger charge is -2.06. The average molecular weight is 268 g/mol. The number of halogens is 2. The zero-order valence-corrected chi connectivity index (χ0v) is 10.2. The van der Waals surface area contributed by atoms with E-state index in [1.807, 2.05) is 0 Å². The number of hydrogen-bond acceptors (Lipinski definition) is 2. The molecule has 0 bridgehead atoms. The molecule has 0 atom stereocenters. The van der Waals surface area contributed by atoms with Crippen molar-refractivity contribution in [1.82, 2.24) is 10.6 Å². The van der Waals surface area contributed by atoms with E-state index >= 15 is 0 Å². The Balaban J connectivity index is 1.78. The average Bonchev–Trinajstić information content (AvgIpc) is 3.12. The summed E-state index contributed by atoms with van der Waals surface area (Å²) in [6, 6.07) is 3.01. The Labute approximate surface area is 109 Å². The van der Waals surface area contributed by atoms with Crippen molar-refractivity contribution in [3.05, 3.63) is 35.4 Å². The standard InChI is InChI=1S/C13H14F2N2O2/c14-8-1-4-10(11(15)7-8)13(19)16-6-5-12(18)17-9-2-3-9/h1,4,7,9H,2-3,5-6H2,(H,16,19)(H,17,18). The minimum absolute atomic E-state index is 0.119. The quantitative estimate of drug-likeness (QED) is 0.847. The van der Waals surface area contributed by atoms with E-state index in [0.29, 0.717) is 6.07 Å². The van der Waals surface area contributed by atoms with Crippen molar-refractivity contribution in [1.29, 1.82) is 0 Å². The van der Waals surface area contributed by atoms with Gasteiger partial charge in [0.1, 0.15) is 11.6 Å². The maximum absolute atomic E-state index is 13.3. The van der Waals surface area contributed by atoms with Crippen LogP contribution in [0.3, 0.4) is 0 Å². The molecule has 1 aliphatic rings. The SMILES string of the molecule is O=C(CCNC(=O)c1ccc(F)cc1F)NC1CC1. The van der Waals surface area contributed by atoms with E-state index in [1.165, 1.54) is 0 Å². The van der Waals surface area contributed by atoms with Gasteiger partial charge in [-0.15, -0.1) is 0 Å².